The van der Waals surface area contributed by atoms with Crippen LogP contribution in [0, 0.1) is 23.5 Å². The molecule has 3 aromatic rings. The number of fused-ring (bicyclic) bond motifs is 3. The first-order chi connectivity index (χ1) is 20.8. The highest BCUT2D eigenvalue weighted by Crippen LogP contribution is 2.49. The summed E-state index contributed by atoms with van der Waals surface area (Å²) in [6.45, 7) is 5.13. The van der Waals surface area contributed by atoms with Crippen molar-refractivity contribution in [2.75, 3.05) is 38.6 Å². The molecule has 1 aromatic heterocycles. The number of likely N-dealkylation sites (N-methyl/N-ethyl adjacent to an activating group) is 1. The number of rotatable bonds is 8. The van der Waals surface area contributed by atoms with Crippen LogP contribution in [0.25, 0.3) is 22.0 Å². The number of piperidine rings is 1. The zero-order chi connectivity index (χ0) is 29.8. The van der Waals surface area contributed by atoms with Crippen molar-refractivity contribution < 1.29 is 22.7 Å². The topological polar surface area (TPSA) is 70.6 Å². The Kier molecular flexibility index (Phi) is 7.27. The van der Waals surface area contributed by atoms with Crippen LogP contribution in [-0.2, 0) is 17.6 Å². The van der Waals surface area contributed by atoms with Gasteiger partial charge in [-0.1, -0.05) is 24.8 Å². The molecule has 2 saturated heterocycles. The van der Waals surface area contributed by atoms with Gasteiger partial charge in [-0.3, -0.25) is 9.69 Å². The Morgan fingerprint density at radius 1 is 1.19 bits per heavy atom. The van der Waals surface area contributed by atoms with Gasteiger partial charge in [-0.2, -0.15) is 9.97 Å². The summed E-state index contributed by atoms with van der Waals surface area (Å²) in [4.78, 5) is 25.2. The van der Waals surface area contributed by atoms with Crippen molar-refractivity contribution in [1.29, 1.82) is 0 Å². The quantitative estimate of drug-likeness (QED) is 0.358. The SMILES string of the molecule is C=CC(=O)N1C[C@H]2CC2[C@H]1CNc1nc(OC[C@@H]2C[C@@H](F)CN2C)nc2c(F)c(-c3cccc4c3CCCC4)c(F)cc12. The minimum atomic E-state index is -0.938. The number of aromatic nitrogens is 2. The van der Waals surface area contributed by atoms with Crippen molar-refractivity contribution >= 4 is 22.6 Å². The van der Waals surface area contributed by atoms with Crippen LogP contribution in [0.3, 0.4) is 0 Å². The van der Waals surface area contributed by atoms with Gasteiger partial charge in [0.2, 0.25) is 5.91 Å². The van der Waals surface area contributed by atoms with E-state index in [0.29, 0.717) is 43.5 Å². The van der Waals surface area contributed by atoms with Crippen LogP contribution in [0.2, 0.25) is 0 Å². The Hall–Kier alpha value is -3.66. The molecule has 10 heteroatoms. The molecule has 7 rings (SSSR count). The van der Waals surface area contributed by atoms with Crippen molar-refractivity contribution in [3.8, 4) is 17.1 Å². The highest BCUT2D eigenvalue weighted by atomic mass is 19.1. The molecule has 43 heavy (non-hydrogen) atoms. The summed E-state index contributed by atoms with van der Waals surface area (Å²) in [6, 6.07) is 6.64. The fourth-order valence-electron chi connectivity index (χ4n) is 7.42. The molecular formula is C33H36F3N5O2. The Morgan fingerprint density at radius 2 is 2.02 bits per heavy atom. The number of carbonyl (C=O) groups excluding carboxylic acids is 1. The Morgan fingerprint density at radius 3 is 2.81 bits per heavy atom. The molecule has 0 radical (unpaired) electrons. The largest absolute Gasteiger partial charge is 0.462 e. The van der Waals surface area contributed by atoms with Gasteiger partial charge in [0, 0.05) is 31.1 Å². The average molecular weight is 592 g/mol. The van der Waals surface area contributed by atoms with Crippen LogP contribution in [-0.4, -0.2) is 77.2 Å². The van der Waals surface area contributed by atoms with Crippen LogP contribution in [0.5, 0.6) is 6.01 Å². The van der Waals surface area contributed by atoms with Gasteiger partial charge in [0.15, 0.2) is 5.82 Å². The monoisotopic (exact) mass is 591 g/mol. The Bertz CT molecular complexity index is 1600. The first-order valence-corrected chi connectivity index (χ1v) is 15.3. The number of likely N-dealkylation sites (tertiary alicyclic amines) is 2. The van der Waals surface area contributed by atoms with Crippen molar-refractivity contribution in [2.24, 2.45) is 11.8 Å². The normalized spacial score (nSPS) is 26.3. The molecule has 1 saturated carbocycles. The lowest BCUT2D eigenvalue weighted by molar-refractivity contribution is -0.127. The Labute approximate surface area is 249 Å². The third-order valence-corrected chi connectivity index (χ3v) is 9.81. The molecule has 2 aliphatic carbocycles. The van der Waals surface area contributed by atoms with Gasteiger partial charge in [0.1, 0.15) is 29.9 Å². The van der Waals surface area contributed by atoms with E-state index >= 15 is 8.78 Å². The summed E-state index contributed by atoms with van der Waals surface area (Å²) in [7, 11) is 1.83. The molecule has 1 N–H and O–H groups in total. The van der Waals surface area contributed by atoms with E-state index in [9.17, 15) is 9.18 Å². The van der Waals surface area contributed by atoms with Gasteiger partial charge in [-0.25, -0.2) is 13.2 Å². The van der Waals surface area contributed by atoms with Gasteiger partial charge in [-0.05, 0) is 86.2 Å². The predicted octanol–water partition coefficient (Wildman–Crippen LogP) is 5.32. The maximum absolute atomic E-state index is 16.5. The summed E-state index contributed by atoms with van der Waals surface area (Å²) in [5.41, 5.74) is 2.51. The molecule has 5 atom stereocenters. The van der Waals surface area contributed by atoms with Crippen molar-refractivity contribution in [2.45, 2.75) is 56.8 Å². The third-order valence-electron chi connectivity index (χ3n) is 9.81. The molecule has 1 unspecified atom stereocenters. The van der Waals surface area contributed by atoms with Crippen molar-refractivity contribution in [3.05, 3.63) is 59.7 Å². The number of anilines is 1. The number of amides is 1. The predicted molar refractivity (Wildman–Crippen MR) is 159 cm³/mol. The fourth-order valence-corrected chi connectivity index (χ4v) is 7.42. The molecule has 0 bridgehead atoms. The number of benzene rings is 2. The molecule has 4 aliphatic rings. The first-order valence-electron chi connectivity index (χ1n) is 15.3. The number of ether oxygens (including phenoxy) is 1. The van der Waals surface area contributed by atoms with Crippen molar-refractivity contribution in [3.63, 3.8) is 0 Å². The molecule has 226 valence electrons. The number of hydrogen-bond donors (Lipinski definition) is 1. The van der Waals surface area contributed by atoms with Crippen LogP contribution in [0.15, 0.2) is 36.9 Å². The van der Waals surface area contributed by atoms with Crippen LogP contribution >= 0.6 is 0 Å². The van der Waals surface area contributed by atoms with Crippen molar-refractivity contribution in [1.82, 2.24) is 19.8 Å². The summed E-state index contributed by atoms with van der Waals surface area (Å²) in [5, 5.41) is 3.48. The second-order valence-electron chi connectivity index (χ2n) is 12.5. The molecule has 3 heterocycles. The zero-order valence-electron chi connectivity index (χ0n) is 24.3. The highest BCUT2D eigenvalue weighted by molar-refractivity contribution is 5.94. The molecular weight excluding hydrogens is 555 g/mol. The average Bonchev–Trinajstić information content (AvgIpc) is 3.57. The summed E-state index contributed by atoms with van der Waals surface area (Å²) < 4.78 is 52.3. The molecule has 1 amide bonds. The van der Waals surface area contributed by atoms with Gasteiger partial charge >= 0.3 is 6.01 Å². The maximum Gasteiger partial charge on any atom is 0.319 e. The number of halogens is 3. The van der Waals surface area contributed by atoms with E-state index in [1.807, 2.05) is 24.1 Å². The van der Waals surface area contributed by atoms with E-state index in [2.05, 4.69) is 21.9 Å². The molecule has 2 aliphatic heterocycles. The Balaban J connectivity index is 1.27. The van der Waals surface area contributed by atoms with Gasteiger partial charge in [0.25, 0.3) is 0 Å². The van der Waals surface area contributed by atoms with Gasteiger partial charge < -0.3 is 15.0 Å². The number of hydrogen-bond acceptors (Lipinski definition) is 6. The second kappa shape index (κ2) is 11.1. The number of nitrogens with zero attached hydrogens (tertiary/aromatic N) is 4. The van der Waals surface area contributed by atoms with Gasteiger partial charge in [-0.15, -0.1) is 0 Å². The van der Waals surface area contributed by atoms with Gasteiger partial charge in [0.05, 0.1) is 11.6 Å². The number of carbonyl (C=O) groups is 1. The highest BCUT2D eigenvalue weighted by Gasteiger charge is 2.53. The minimum absolute atomic E-state index is 0.0461. The maximum atomic E-state index is 16.5. The lowest BCUT2D eigenvalue weighted by Gasteiger charge is -2.27. The third kappa shape index (κ3) is 5.13. The van der Waals surface area contributed by atoms with Crippen LogP contribution in [0.1, 0.15) is 36.8 Å². The zero-order valence-corrected chi connectivity index (χ0v) is 24.3. The van der Waals surface area contributed by atoms with Crippen LogP contribution in [0.4, 0.5) is 19.0 Å². The molecule has 0 spiro atoms. The number of aryl methyl sites for hydroxylation is 1. The van der Waals surface area contributed by atoms with E-state index in [1.165, 1.54) is 12.1 Å². The van der Waals surface area contributed by atoms with E-state index in [-0.39, 0.29) is 52.9 Å². The standard InChI is InChI=1S/C33H36F3N5O2/c1-3-28(42)41-15-19-11-24(19)27(41)14-37-32-25-13-26(35)29(23-10-6-8-18-7-4-5-9-22(18)23)30(36)31(25)38-33(39-32)43-17-21-12-20(34)16-40(21)2/h3,6,8,10,13,19-21,24,27H,1,4-5,7,9,11-12,14-17H2,2H3,(H,37,38,39)/t19-,20-,21+,24?,27-/m1/s1. The summed E-state index contributed by atoms with van der Waals surface area (Å²) >= 11 is 0. The smallest absolute Gasteiger partial charge is 0.319 e. The lowest BCUT2D eigenvalue weighted by atomic mass is 9.85. The molecule has 7 nitrogen and oxygen atoms in total. The van der Waals surface area contributed by atoms with Crippen LogP contribution < -0.4 is 10.1 Å². The number of alkyl halides is 1. The van der Waals surface area contributed by atoms with E-state index in [0.717, 1.165) is 43.2 Å². The fraction of sp³-hybridized carbons (Fsp3) is 0.485. The molecule has 3 fully saturated rings. The number of nitrogens with one attached hydrogen (secondary N) is 1. The molecule has 2 aromatic carbocycles. The second-order valence-corrected chi connectivity index (χ2v) is 12.5. The van der Waals surface area contributed by atoms with E-state index in [4.69, 9.17) is 4.74 Å². The first kappa shape index (κ1) is 28.1. The lowest BCUT2D eigenvalue weighted by Crippen LogP contribution is -2.41. The van der Waals surface area contributed by atoms with E-state index < -0.39 is 17.8 Å². The summed E-state index contributed by atoms with van der Waals surface area (Å²) in [5.74, 6) is -0.507. The minimum Gasteiger partial charge on any atom is -0.462 e. The summed E-state index contributed by atoms with van der Waals surface area (Å²) in [6.07, 6.45) is 5.44. The van der Waals surface area contributed by atoms with E-state index in [1.54, 1.807) is 11.0 Å².